The lowest BCUT2D eigenvalue weighted by Gasteiger charge is -2.35. The van der Waals surface area contributed by atoms with Gasteiger partial charge in [-0.2, -0.15) is 0 Å². The summed E-state index contributed by atoms with van der Waals surface area (Å²) in [6, 6.07) is 7.49. The Kier molecular flexibility index (Phi) is 8.13. The zero-order chi connectivity index (χ0) is 16.4. The third-order valence-corrected chi connectivity index (χ3v) is 6.97. The SMILES string of the molecule is CCO[Si](OCC)(OCC)C(CC)c1ccccc1OC#N. The lowest BCUT2D eigenvalue weighted by molar-refractivity contribution is 0.0609. The van der Waals surface area contributed by atoms with Crippen molar-refractivity contribution in [1.29, 1.82) is 5.26 Å². The average Bonchev–Trinajstić information content (AvgIpc) is 2.51. The van der Waals surface area contributed by atoms with Crippen LogP contribution in [0.15, 0.2) is 24.3 Å². The second-order valence-corrected chi connectivity index (χ2v) is 7.36. The van der Waals surface area contributed by atoms with Crippen LogP contribution in [0.5, 0.6) is 5.75 Å². The number of nitriles is 1. The molecule has 0 aliphatic rings. The average molecular weight is 323 g/mol. The highest BCUT2D eigenvalue weighted by Gasteiger charge is 2.50. The van der Waals surface area contributed by atoms with Crippen molar-refractivity contribution in [3.8, 4) is 12.0 Å². The Morgan fingerprint density at radius 3 is 2.00 bits per heavy atom. The van der Waals surface area contributed by atoms with Crippen LogP contribution in [0.25, 0.3) is 0 Å². The highest BCUT2D eigenvalue weighted by molar-refractivity contribution is 6.62. The van der Waals surface area contributed by atoms with E-state index in [1.54, 1.807) is 12.3 Å². The molecule has 1 atom stereocenters. The van der Waals surface area contributed by atoms with E-state index >= 15 is 0 Å². The van der Waals surface area contributed by atoms with Gasteiger partial charge in [-0.1, -0.05) is 25.1 Å². The smallest absolute Gasteiger partial charge is 0.388 e. The summed E-state index contributed by atoms with van der Waals surface area (Å²) in [6.07, 6.45) is 2.52. The molecule has 0 aliphatic heterocycles. The van der Waals surface area contributed by atoms with E-state index in [0.29, 0.717) is 25.6 Å². The zero-order valence-electron chi connectivity index (χ0n) is 13.8. The fourth-order valence-corrected chi connectivity index (χ4v) is 5.78. The van der Waals surface area contributed by atoms with Gasteiger partial charge in [0.2, 0.25) is 0 Å². The third-order valence-electron chi connectivity index (χ3n) is 3.32. The molecule has 0 aromatic heterocycles. The number of hydrogen-bond acceptors (Lipinski definition) is 5. The van der Waals surface area contributed by atoms with E-state index in [1.165, 1.54) is 0 Å². The predicted octanol–water partition coefficient (Wildman–Crippen LogP) is 3.63. The quantitative estimate of drug-likeness (QED) is 0.486. The summed E-state index contributed by atoms with van der Waals surface area (Å²) in [7, 11) is -2.92. The number of ether oxygens (including phenoxy) is 1. The molecule has 122 valence electrons. The first-order valence-electron chi connectivity index (χ1n) is 7.75. The number of benzene rings is 1. The van der Waals surface area contributed by atoms with E-state index in [9.17, 15) is 0 Å². The van der Waals surface area contributed by atoms with Crippen molar-refractivity contribution in [1.82, 2.24) is 0 Å². The van der Waals surface area contributed by atoms with E-state index in [0.717, 1.165) is 12.0 Å². The lowest BCUT2D eigenvalue weighted by Crippen LogP contribution is -2.52. The standard InChI is InChI=1S/C16H25NO4Si/c1-5-16(14-11-9-10-12-15(14)18-13-17)22(19-6-2,20-7-3)21-8-4/h9-12,16H,5-8H2,1-4H3. The molecule has 0 saturated heterocycles. The van der Waals surface area contributed by atoms with Gasteiger partial charge in [0.1, 0.15) is 5.75 Å². The van der Waals surface area contributed by atoms with Crippen LogP contribution in [0.4, 0.5) is 0 Å². The Morgan fingerprint density at radius 2 is 1.55 bits per heavy atom. The number of nitrogens with zero attached hydrogens (tertiary/aromatic N) is 1. The van der Waals surface area contributed by atoms with Crippen LogP contribution in [-0.2, 0) is 13.3 Å². The third kappa shape index (κ3) is 4.30. The van der Waals surface area contributed by atoms with E-state index in [-0.39, 0.29) is 5.54 Å². The molecule has 22 heavy (non-hydrogen) atoms. The van der Waals surface area contributed by atoms with Crippen LogP contribution in [0.2, 0.25) is 0 Å². The van der Waals surface area contributed by atoms with E-state index < -0.39 is 8.80 Å². The minimum Gasteiger partial charge on any atom is -0.388 e. The Morgan fingerprint density at radius 1 is 1.00 bits per heavy atom. The molecule has 5 nitrogen and oxygen atoms in total. The van der Waals surface area contributed by atoms with Gasteiger partial charge in [0.05, 0.1) is 5.54 Å². The molecule has 1 unspecified atom stereocenters. The molecule has 6 heteroatoms. The summed E-state index contributed by atoms with van der Waals surface area (Å²) in [4.78, 5) is 0. The van der Waals surface area contributed by atoms with Crippen LogP contribution in [0.1, 0.15) is 45.2 Å². The van der Waals surface area contributed by atoms with Gasteiger partial charge in [0.25, 0.3) is 6.26 Å². The van der Waals surface area contributed by atoms with E-state index in [4.69, 9.17) is 23.3 Å². The maximum absolute atomic E-state index is 8.86. The van der Waals surface area contributed by atoms with Crippen molar-refractivity contribution in [2.45, 2.75) is 39.7 Å². The monoisotopic (exact) mass is 323 g/mol. The van der Waals surface area contributed by atoms with Crippen molar-refractivity contribution in [2.75, 3.05) is 19.8 Å². The van der Waals surface area contributed by atoms with Gasteiger partial charge >= 0.3 is 8.80 Å². The fraction of sp³-hybridized carbons (Fsp3) is 0.562. The minimum atomic E-state index is -2.92. The van der Waals surface area contributed by atoms with E-state index in [2.05, 4.69) is 6.92 Å². The molecule has 0 aliphatic carbocycles. The van der Waals surface area contributed by atoms with Crippen molar-refractivity contribution < 1.29 is 18.0 Å². The minimum absolute atomic E-state index is 0.0723. The normalized spacial score (nSPS) is 12.7. The summed E-state index contributed by atoms with van der Waals surface area (Å²) < 4.78 is 23.1. The molecule has 0 saturated carbocycles. The fourth-order valence-electron chi connectivity index (χ4n) is 2.60. The van der Waals surface area contributed by atoms with Gasteiger partial charge in [-0.15, -0.1) is 5.26 Å². The first kappa shape index (κ1) is 18.7. The Bertz CT molecular complexity index is 472. The Balaban J connectivity index is 3.31. The Hall–Kier alpha value is -1.39. The molecule has 0 spiro atoms. The van der Waals surface area contributed by atoms with Gasteiger partial charge in [-0.3, -0.25) is 0 Å². The molecule has 0 heterocycles. The van der Waals surface area contributed by atoms with Crippen molar-refractivity contribution in [2.24, 2.45) is 0 Å². The predicted molar refractivity (Wildman–Crippen MR) is 86.3 cm³/mol. The lowest BCUT2D eigenvalue weighted by atomic mass is 10.1. The topological polar surface area (TPSA) is 60.7 Å². The van der Waals surface area contributed by atoms with Crippen molar-refractivity contribution in [3.63, 3.8) is 0 Å². The summed E-state index contributed by atoms with van der Waals surface area (Å²) in [5, 5.41) is 8.86. The summed E-state index contributed by atoms with van der Waals surface area (Å²) in [6.45, 7) is 9.42. The van der Waals surface area contributed by atoms with Crippen LogP contribution in [0.3, 0.4) is 0 Å². The van der Waals surface area contributed by atoms with Crippen LogP contribution < -0.4 is 4.74 Å². The number of hydrogen-bond donors (Lipinski definition) is 0. The van der Waals surface area contributed by atoms with Gasteiger partial charge < -0.3 is 18.0 Å². The molecule has 1 rings (SSSR count). The van der Waals surface area contributed by atoms with Gasteiger partial charge in [-0.05, 0) is 33.3 Å². The van der Waals surface area contributed by atoms with E-state index in [1.807, 2.05) is 39.0 Å². The molecule has 0 N–H and O–H groups in total. The molecule has 1 aromatic rings. The first-order chi connectivity index (χ1) is 10.7. The number of rotatable bonds is 10. The summed E-state index contributed by atoms with van der Waals surface area (Å²) in [5.74, 6) is 0.535. The van der Waals surface area contributed by atoms with Crippen molar-refractivity contribution >= 4 is 8.80 Å². The second kappa shape index (κ2) is 9.59. The molecular weight excluding hydrogens is 298 g/mol. The van der Waals surface area contributed by atoms with Gasteiger partial charge in [-0.25, -0.2) is 0 Å². The van der Waals surface area contributed by atoms with Crippen LogP contribution in [-0.4, -0.2) is 28.6 Å². The zero-order valence-corrected chi connectivity index (χ0v) is 14.8. The Labute approximate surface area is 134 Å². The largest absolute Gasteiger partial charge is 0.508 e. The maximum atomic E-state index is 8.86. The molecule has 1 aromatic carbocycles. The molecular formula is C16H25NO4Si. The van der Waals surface area contributed by atoms with Gasteiger partial charge in [0, 0.05) is 25.4 Å². The molecule has 0 fully saturated rings. The summed E-state index contributed by atoms with van der Waals surface area (Å²) in [5.41, 5.74) is 0.825. The maximum Gasteiger partial charge on any atom is 0.508 e. The second-order valence-electron chi connectivity index (χ2n) is 4.59. The molecule has 0 radical (unpaired) electrons. The van der Waals surface area contributed by atoms with Gasteiger partial charge in [0.15, 0.2) is 0 Å². The summed E-state index contributed by atoms with van der Waals surface area (Å²) >= 11 is 0. The number of para-hydroxylation sites is 1. The molecule has 0 bridgehead atoms. The first-order valence-corrected chi connectivity index (χ1v) is 9.55. The van der Waals surface area contributed by atoms with Crippen LogP contribution >= 0.6 is 0 Å². The highest BCUT2D eigenvalue weighted by atomic mass is 28.4. The molecule has 0 amide bonds. The van der Waals surface area contributed by atoms with Crippen LogP contribution in [0, 0.1) is 11.5 Å². The highest BCUT2D eigenvalue weighted by Crippen LogP contribution is 2.37. The van der Waals surface area contributed by atoms with Crippen molar-refractivity contribution in [3.05, 3.63) is 29.8 Å².